The smallest absolute Gasteiger partial charge is 0.283 e. The van der Waals surface area contributed by atoms with Crippen molar-refractivity contribution in [2.75, 3.05) is 12.4 Å². The van der Waals surface area contributed by atoms with Gasteiger partial charge in [-0.3, -0.25) is 4.79 Å². The molecule has 112 valence electrons. The quantitative estimate of drug-likeness (QED) is 0.895. The van der Waals surface area contributed by atoms with Crippen LogP contribution >= 0.6 is 15.9 Å². The van der Waals surface area contributed by atoms with Gasteiger partial charge in [-0.2, -0.15) is 5.10 Å². The van der Waals surface area contributed by atoms with Crippen LogP contribution in [-0.4, -0.2) is 21.9 Å². The Morgan fingerprint density at radius 3 is 2.71 bits per heavy atom. The summed E-state index contributed by atoms with van der Waals surface area (Å²) in [6, 6.07) is 3.73. The fraction of sp³-hybridized carbons (Fsp3) is 0.357. The summed E-state index contributed by atoms with van der Waals surface area (Å²) in [5.74, 6) is 0.570. The van der Waals surface area contributed by atoms with Crippen molar-refractivity contribution in [2.24, 2.45) is 0 Å². The second kappa shape index (κ2) is 6.71. The van der Waals surface area contributed by atoms with Gasteiger partial charge >= 0.3 is 0 Å². The summed E-state index contributed by atoms with van der Waals surface area (Å²) in [7, 11) is 1.58. The molecule has 0 saturated carbocycles. The van der Waals surface area contributed by atoms with Gasteiger partial charge in [-0.05, 0) is 35.3 Å². The van der Waals surface area contributed by atoms with Crippen LogP contribution in [0.4, 0.5) is 5.69 Å². The van der Waals surface area contributed by atoms with Crippen molar-refractivity contribution in [3.63, 3.8) is 0 Å². The van der Waals surface area contributed by atoms with E-state index in [1.54, 1.807) is 25.6 Å². The second-order valence-corrected chi connectivity index (χ2v) is 5.57. The molecule has 0 aliphatic heterocycles. The Bertz CT molecular complexity index is 668. The van der Waals surface area contributed by atoms with Gasteiger partial charge in [-0.25, -0.2) is 9.67 Å². The lowest BCUT2D eigenvalue weighted by atomic mass is 10.3. The molecule has 0 aliphatic rings. The van der Waals surface area contributed by atoms with Crippen molar-refractivity contribution < 1.29 is 4.74 Å². The van der Waals surface area contributed by atoms with Crippen LogP contribution in [0.3, 0.4) is 0 Å². The van der Waals surface area contributed by atoms with Gasteiger partial charge in [-0.15, -0.1) is 0 Å². The normalized spacial score (nSPS) is 10.7. The number of hydrogen-bond donors (Lipinski definition) is 1. The predicted molar refractivity (Wildman–Crippen MR) is 84.7 cm³/mol. The summed E-state index contributed by atoms with van der Waals surface area (Å²) < 4.78 is 6.92. The number of methoxy groups -OCH3 is 1. The van der Waals surface area contributed by atoms with Crippen molar-refractivity contribution in [1.82, 2.24) is 14.8 Å². The molecule has 0 saturated heterocycles. The number of ether oxygens (including phenoxy) is 1. The Kier molecular flexibility index (Phi) is 4.95. The molecule has 0 amide bonds. The Morgan fingerprint density at radius 1 is 1.38 bits per heavy atom. The SMILES string of the molecule is COc1ccc(CNc2cnn(C(C)C)c(=O)c2Br)cn1. The molecule has 0 radical (unpaired) electrons. The average molecular weight is 353 g/mol. The fourth-order valence-electron chi connectivity index (χ4n) is 1.77. The van der Waals surface area contributed by atoms with E-state index in [4.69, 9.17) is 4.74 Å². The third-order valence-corrected chi connectivity index (χ3v) is 3.69. The van der Waals surface area contributed by atoms with Gasteiger partial charge < -0.3 is 10.1 Å². The first-order valence-corrected chi connectivity index (χ1v) is 7.32. The molecule has 0 bridgehead atoms. The lowest BCUT2D eigenvalue weighted by molar-refractivity contribution is 0.397. The summed E-state index contributed by atoms with van der Waals surface area (Å²) in [4.78, 5) is 16.2. The van der Waals surface area contributed by atoms with E-state index < -0.39 is 0 Å². The highest BCUT2D eigenvalue weighted by atomic mass is 79.9. The maximum atomic E-state index is 12.1. The lowest BCUT2D eigenvalue weighted by Crippen LogP contribution is -2.26. The van der Waals surface area contributed by atoms with Gasteiger partial charge in [0.25, 0.3) is 5.56 Å². The molecule has 0 unspecified atom stereocenters. The Morgan fingerprint density at radius 2 is 2.14 bits per heavy atom. The van der Waals surface area contributed by atoms with E-state index in [0.717, 1.165) is 5.56 Å². The van der Waals surface area contributed by atoms with Crippen LogP contribution < -0.4 is 15.6 Å². The number of rotatable bonds is 5. The van der Waals surface area contributed by atoms with Gasteiger partial charge in [0, 0.05) is 18.8 Å². The Labute approximate surface area is 131 Å². The molecule has 1 N–H and O–H groups in total. The zero-order valence-corrected chi connectivity index (χ0v) is 13.7. The standard InChI is InChI=1S/C14H17BrN4O2/c1-9(2)19-14(20)13(15)11(8-18-19)16-6-10-4-5-12(21-3)17-7-10/h4-5,7-9,16H,6H2,1-3H3. The van der Waals surface area contributed by atoms with Crippen LogP contribution in [0.2, 0.25) is 0 Å². The summed E-state index contributed by atoms with van der Waals surface area (Å²) in [5, 5.41) is 7.32. The van der Waals surface area contributed by atoms with E-state index in [0.29, 0.717) is 22.6 Å². The summed E-state index contributed by atoms with van der Waals surface area (Å²) >= 11 is 3.32. The lowest BCUT2D eigenvalue weighted by Gasteiger charge is -2.12. The first-order chi connectivity index (χ1) is 10.0. The molecule has 21 heavy (non-hydrogen) atoms. The molecular formula is C14H17BrN4O2. The number of nitrogens with one attached hydrogen (secondary N) is 1. The summed E-state index contributed by atoms with van der Waals surface area (Å²) in [6.45, 7) is 4.37. The first-order valence-electron chi connectivity index (χ1n) is 6.53. The van der Waals surface area contributed by atoms with Gasteiger partial charge in [-0.1, -0.05) is 6.07 Å². The molecule has 0 atom stereocenters. The van der Waals surface area contributed by atoms with Gasteiger partial charge in [0.15, 0.2) is 0 Å². The number of pyridine rings is 1. The Balaban J connectivity index is 2.13. The van der Waals surface area contributed by atoms with Crippen LogP contribution in [0.25, 0.3) is 0 Å². The van der Waals surface area contributed by atoms with Crippen molar-refractivity contribution in [1.29, 1.82) is 0 Å². The second-order valence-electron chi connectivity index (χ2n) is 4.78. The third-order valence-electron chi connectivity index (χ3n) is 2.92. The maximum Gasteiger partial charge on any atom is 0.283 e. The molecule has 2 aromatic rings. The minimum Gasteiger partial charge on any atom is -0.481 e. The van der Waals surface area contributed by atoms with Crippen LogP contribution in [0.1, 0.15) is 25.5 Å². The van der Waals surface area contributed by atoms with Crippen molar-refractivity contribution >= 4 is 21.6 Å². The Hall–Kier alpha value is -1.89. The predicted octanol–water partition coefficient (Wildman–Crippen LogP) is 2.60. The minimum atomic E-state index is -0.150. The third kappa shape index (κ3) is 3.60. The topological polar surface area (TPSA) is 69.0 Å². The average Bonchev–Trinajstić information content (AvgIpc) is 2.49. The molecule has 0 aliphatic carbocycles. The highest BCUT2D eigenvalue weighted by Gasteiger charge is 2.10. The molecule has 0 spiro atoms. The van der Waals surface area contributed by atoms with Crippen molar-refractivity contribution in [3.8, 4) is 5.88 Å². The number of aromatic nitrogens is 3. The van der Waals surface area contributed by atoms with E-state index in [-0.39, 0.29) is 11.6 Å². The molecular weight excluding hydrogens is 336 g/mol. The number of hydrogen-bond acceptors (Lipinski definition) is 5. The van der Waals surface area contributed by atoms with Gasteiger partial charge in [0.2, 0.25) is 5.88 Å². The largest absolute Gasteiger partial charge is 0.481 e. The van der Waals surface area contributed by atoms with E-state index in [1.165, 1.54) is 4.68 Å². The fourth-order valence-corrected chi connectivity index (χ4v) is 2.19. The molecule has 2 heterocycles. The zero-order chi connectivity index (χ0) is 15.4. The molecule has 2 rings (SSSR count). The molecule has 0 aromatic carbocycles. The van der Waals surface area contributed by atoms with Crippen LogP contribution in [0.15, 0.2) is 33.8 Å². The maximum absolute atomic E-state index is 12.1. The number of anilines is 1. The monoisotopic (exact) mass is 352 g/mol. The van der Waals surface area contributed by atoms with E-state index in [9.17, 15) is 4.79 Å². The van der Waals surface area contributed by atoms with Crippen LogP contribution in [0.5, 0.6) is 5.88 Å². The molecule has 7 heteroatoms. The number of nitrogens with zero attached hydrogens (tertiary/aromatic N) is 3. The molecule has 0 fully saturated rings. The van der Waals surface area contributed by atoms with Crippen LogP contribution in [0, 0.1) is 0 Å². The summed E-state index contributed by atoms with van der Waals surface area (Å²) in [5.41, 5.74) is 1.49. The van der Waals surface area contributed by atoms with E-state index in [1.807, 2.05) is 19.9 Å². The first kappa shape index (κ1) is 15.5. The van der Waals surface area contributed by atoms with Gasteiger partial charge in [0.05, 0.1) is 25.0 Å². The van der Waals surface area contributed by atoms with Gasteiger partial charge in [0.1, 0.15) is 4.47 Å². The highest BCUT2D eigenvalue weighted by molar-refractivity contribution is 9.10. The molecule has 6 nitrogen and oxygen atoms in total. The van der Waals surface area contributed by atoms with E-state index in [2.05, 4.69) is 31.3 Å². The number of halogens is 1. The highest BCUT2D eigenvalue weighted by Crippen LogP contribution is 2.18. The molecule has 2 aromatic heterocycles. The van der Waals surface area contributed by atoms with Crippen LogP contribution in [-0.2, 0) is 6.54 Å². The minimum absolute atomic E-state index is 0.0219. The van der Waals surface area contributed by atoms with E-state index >= 15 is 0 Å². The van der Waals surface area contributed by atoms with Crippen molar-refractivity contribution in [2.45, 2.75) is 26.4 Å². The van der Waals surface area contributed by atoms with Crippen molar-refractivity contribution in [3.05, 3.63) is 44.9 Å². The zero-order valence-electron chi connectivity index (χ0n) is 12.1. The summed E-state index contributed by atoms with van der Waals surface area (Å²) in [6.07, 6.45) is 3.37.